The van der Waals surface area contributed by atoms with Gasteiger partial charge in [-0.25, -0.2) is 12.8 Å². The lowest BCUT2D eigenvalue weighted by Crippen LogP contribution is -2.38. The summed E-state index contributed by atoms with van der Waals surface area (Å²) in [6, 6.07) is -1.47. The van der Waals surface area contributed by atoms with Crippen molar-refractivity contribution in [3.8, 4) is 0 Å². The van der Waals surface area contributed by atoms with Gasteiger partial charge in [0.2, 0.25) is 0 Å². The Kier molecular flexibility index (Phi) is 5.89. The van der Waals surface area contributed by atoms with Gasteiger partial charge in [-0.3, -0.25) is 9.79 Å². The summed E-state index contributed by atoms with van der Waals surface area (Å²) < 4.78 is 34.4. The van der Waals surface area contributed by atoms with Gasteiger partial charge in [-0.1, -0.05) is 0 Å². The number of hydrogen-bond acceptors (Lipinski definition) is 5. The van der Waals surface area contributed by atoms with Crippen molar-refractivity contribution < 1.29 is 22.7 Å². The molecule has 0 heterocycles. The fraction of sp³-hybridized carbons (Fsp3) is 0.714. The van der Waals surface area contributed by atoms with Gasteiger partial charge in [-0.2, -0.15) is 0 Å². The van der Waals surface area contributed by atoms with E-state index >= 15 is 0 Å². The predicted octanol–water partition coefficient (Wildman–Crippen LogP) is -1.86. The van der Waals surface area contributed by atoms with Gasteiger partial charge in [0.1, 0.15) is 18.6 Å². The Morgan fingerprint density at radius 3 is 2.50 bits per heavy atom. The minimum atomic E-state index is -3.62. The fourth-order valence-electron chi connectivity index (χ4n) is 0.799. The molecule has 0 spiro atoms. The predicted molar refractivity (Wildman–Crippen MR) is 56.7 cm³/mol. The first-order chi connectivity index (χ1) is 7.28. The highest BCUT2D eigenvalue weighted by molar-refractivity contribution is 7.91. The number of nitrogens with two attached hydrogens (primary N) is 2. The van der Waals surface area contributed by atoms with Gasteiger partial charge in [0.15, 0.2) is 9.84 Å². The highest BCUT2D eigenvalue weighted by atomic mass is 32.2. The van der Waals surface area contributed by atoms with Crippen LogP contribution in [0.4, 0.5) is 4.39 Å². The third-order valence-electron chi connectivity index (χ3n) is 1.60. The van der Waals surface area contributed by atoms with Crippen LogP contribution in [0.25, 0.3) is 0 Å². The van der Waals surface area contributed by atoms with Crippen LogP contribution in [0, 0.1) is 0 Å². The molecular weight excluding hydrogens is 241 g/mol. The highest BCUT2D eigenvalue weighted by Crippen LogP contribution is 1.94. The molecule has 1 unspecified atom stereocenters. The summed E-state index contributed by atoms with van der Waals surface area (Å²) in [5.74, 6) is -2.77. The second-order valence-electron chi connectivity index (χ2n) is 3.07. The Morgan fingerprint density at radius 1 is 1.50 bits per heavy atom. The van der Waals surface area contributed by atoms with Crippen molar-refractivity contribution in [3.05, 3.63) is 0 Å². The lowest BCUT2D eigenvalue weighted by Gasteiger charge is -2.06. The van der Waals surface area contributed by atoms with Crippen LogP contribution in [0.1, 0.15) is 0 Å². The van der Waals surface area contributed by atoms with E-state index in [-0.39, 0.29) is 12.4 Å². The molecule has 0 saturated heterocycles. The minimum absolute atomic E-state index is 0.204. The molecule has 94 valence electrons. The molecular formula is C7H14FN3O4S. The van der Waals surface area contributed by atoms with Crippen molar-refractivity contribution in [3.63, 3.8) is 0 Å². The van der Waals surface area contributed by atoms with Gasteiger partial charge in [-0.15, -0.1) is 0 Å². The van der Waals surface area contributed by atoms with Crippen molar-refractivity contribution >= 4 is 21.6 Å². The summed E-state index contributed by atoms with van der Waals surface area (Å²) in [4.78, 5) is 13.8. The summed E-state index contributed by atoms with van der Waals surface area (Å²) in [7, 11) is -3.62. The quantitative estimate of drug-likeness (QED) is 0.360. The second-order valence-corrected chi connectivity index (χ2v) is 5.29. The van der Waals surface area contributed by atoms with Crippen molar-refractivity contribution in [2.75, 3.05) is 24.7 Å². The number of amidine groups is 1. The fourth-order valence-corrected chi connectivity index (χ4v) is 2.02. The number of carboxylic acids is 1. The number of hydrogen-bond donors (Lipinski definition) is 3. The number of aliphatic imine (C=N–C) groups is 1. The number of rotatable bonds is 7. The van der Waals surface area contributed by atoms with Crippen LogP contribution in [-0.2, 0) is 14.6 Å². The first-order valence-electron chi connectivity index (χ1n) is 4.32. The van der Waals surface area contributed by atoms with Gasteiger partial charge >= 0.3 is 5.97 Å². The van der Waals surface area contributed by atoms with E-state index in [1.54, 1.807) is 0 Å². The number of carboxylic acid groups (broad SMARTS) is 1. The molecule has 0 aliphatic heterocycles. The first-order valence-corrected chi connectivity index (χ1v) is 6.14. The first kappa shape index (κ1) is 14.8. The molecule has 0 fully saturated rings. The van der Waals surface area contributed by atoms with Gasteiger partial charge < -0.3 is 16.6 Å². The largest absolute Gasteiger partial charge is 0.480 e. The average Bonchev–Trinajstić information content (AvgIpc) is 2.16. The Balaban J connectivity index is 4.22. The van der Waals surface area contributed by atoms with Crippen LogP contribution >= 0.6 is 0 Å². The van der Waals surface area contributed by atoms with Gasteiger partial charge in [0.25, 0.3) is 0 Å². The third kappa shape index (κ3) is 6.30. The molecule has 5 N–H and O–H groups in total. The number of nitrogens with zero attached hydrogens (tertiary/aromatic N) is 1. The van der Waals surface area contributed by atoms with Crippen molar-refractivity contribution in [2.24, 2.45) is 16.5 Å². The van der Waals surface area contributed by atoms with E-state index in [4.69, 9.17) is 16.6 Å². The summed E-state index contributed by atoms with van der Waals surface area (Å²) in [6.45, 7) is -1.15. The Hall–Kier alpha value is -1.22. The zero-order chi connectivity index (χ0) is 12.8. The van der Waals surface area contributed by atoms with E-state index < -0.39 is 40.0 Å². The maximum absolute atomic E-state index is 11.8. The Bertz CT molecular complexity index is 368. The number of aliphatic carboxylic acids is 1. The lowest BCUT2D eigenvalue weighted by molar-refractivity contribution is -0.137. The minimum Gasteiger partial charge on any atom is -0.480 e. The molecule has 0 aromatic rings. The molecule has 0 aliphatic carbocycles. The van der Waals surface area contributed by atoms with Crippen LogP contribution in [0.15, 0.2) is 4.99 Å². The van der Waals surface area contributed by atoms with Crippen LogP contribution in [0.3, 0.4) is 0 Å². The normalized spacial score (nSPS) is 14.8. The molecule has 7 nitrogen and oxygen atoms in total. The standard InChI is InChI=1S/C7H14FN3O4S/c8-3-6(10)11-1-2-16(14,15)4-5(9)7(12)13/h5H,1-4,9H2,(H2,10,11)(H,12,13). The average molecular weight is 255 g/mol. The lowest BCUT2D eigenvalue weighted by atomic mass is 10.4. The zero-order valence-electron chi connectivity index (χ0n) is 8.47. The SMILES string of the molecule is NC(CF)=NCCS(=O)(=O)CC(N)C(=O)O. The van der Waals surface area contributed by atoms with Gasteiger partial charge in [0.05, 0.1) is 18.1 Å². The van der Waals surface area contributed by atoms with E-state index in [0.717, 1.165) is 0 Å². The number of sulfone groups is 1. The monoisotopic (exact) mass is 255 g/mol. The molecule has 0 bridgehead atoms. The van der Waals surface area contributed by atoms with Crippen molar-refractivity contribution in [2.45, 2.75) is 6.04 Å². The number of alkyl halides is 1. The van der Waals surface area contributed by atoms with Crippen molar-refractivity contribution in [1.29, 1.82) is 0 Å². The summed E-state index contributed by atoms with van der Waals surface area (Å²) in [5, 5.41) is 8.41. The van der Waals surface area contributed by atoms with Crippen LogP contribution in [-0.4, -0.2) is 56.1 Å². The molecule has 0 aliphatic rings. The van der Waals surface area contributed by atoms with Gasteiger partial charge in [0, 0.05) is 0 Å². The van der Waals surface area contributed by atoms with Crippen molar-refractivity contribution in [1.82, 2.24) is 0 Å². The summed E-state index contributed by atoms with van der Waals surface area (Å²) in [6.07, 6.45) is 0. The van der Waals surface area contributed by atoms with E-state index in [1.165, 1.54) is 0 Å². The zero-order valence-corrected chi connectivity index (χ0v) is 9.28. The van der Waals surface area contributed by atoms with Gasteiger partial charge in [-0.05, 0) is 0 Å². The molecule has 1 atom stereocenters. The number of halogens is 1. The molecule has 0 aromatic heterocycles. The van der Waals surface area contributed by atoms with E-state index in [2.05, 4.69) is 4.99 Å². The maximum Gasteiger partial charge on any atom is 0.321 e. The Morgan fingerprint density at radius 2 is 2.06 bits per heavy atom. The van der Waals surface area contributed by atoms with E-state index in [1.807, 2.05) is 0 Å². The molecule has 0 saturated carbocycles. The third-order valence-corrected chi connectivity index (χ3v) is 3.28. The van der Waals surface area contributed by atoms with E-state index in [9.17, 15) is 17.6 Å². The summed E-state index contributed by atoms with van der Waals surface area (Å²) in [5.41, 5.74) is 10.1. The Labute approximate surface area is 92.3 Å². The molecule has 16 heavy (non-hydrogen) atoms. The molecule has 0 rings (SSSR count). The smallest absolute Gasteiger partial charge is 0.321 e. The molecule has 0 amide bonds. The van der Waals surface area contributed by atoms with E-state index in [0.29, 0.717) is 0 Å². The second kappa shape index (κ2) is 6.38. The van der Waals surface area contributed by atoms with Crippen LogP contribution in [0.2, 0.25) is 0 Å². The maximum atomic E-state index is 11.8. The van der Waals surface area contributed by atoms with Crippen LogP contribution < -0.4 is 11.5 Å². The topological polar surface area (TPSA) is 136 Å². The molecule has 0 radical (unpaired) electrons. The number of carbonyl (C=O) groups is 1. The summed E-state index contributed by atoms with van der Waals surface area (Å²) >= 11 is 0. The highest BCUT2D eigenvalue weighted by Gasteiger charge is 2.20. The molecule has 0 aromatic carbocycles. The molecule has 9 heteroatoms. The van der Waals surface area contributed by atoms with Crippen LogP contribution in [0.5, 0.6) is 0 Å².